The maximum absolute atomic E-state index is 13.4. The van der Waals surface area contributed by atoms with Gasteiger partial charge in [0.05, 0.1) is 6.33 Å². The predicted molar refractivity (Wildman–Crippen MR) is 114 cm³/mol. The van der Waals surface area contributed by atoms with Crippen LogP contribution in [0.25, 0.3) is 11.6 Å². The molecule has 2 aromatic carbocycles. The van der Waals surface area contributed by atoms with Crippen LogP contribution in [-0.2, 0) is 11.3 Å². The van der Waals surface area contributed by atoms with E-state index in [1.807, 2.05) is 22.9 Å². The van der Waals surface area contributed by atoms with Gasteiger partial charge in [-0.05, 0) is 47.0 Å². The van der Waals surface area contributed by atoms with Gasteiger partial charge < -0.3 is 20.1 Å². The average molecular weight is 423 g/mol. The molecule has 0 radical (unpaired) electrons. The number of hydrogen-bond acceptors (Lipinski definition) is 4. The summed E-state index contributed by atoms with van der Waals surface area (Å²) in [6.07, 6.45) is 6.95. The van der Waals surface area contributed by atoms with Gasteiger partial charge in [0.25, 0.3) is 5.91 Å². The molecule has 1 atom stereocenters. The number of aliphatic hydroxyl groups is 1. The van der Waals surface area contributed by atoms with Gasteiger partial charge in [0.1, 0.15) is 11.9 Å². The molecule has 8 heteroatoms. The number of aromatic nitrogens is 2. The van der Waals surface area contributed by atoms with Gasteiger partial charge in [-0.25, -0.2) is 14.2 Å². The van der Waals surface area contributed by atoms with Gasteiger partial charge in [-0.15, -0.1) is 0 Å². The van der Waals surface area contributed by atoms with Crippen LogP contribution in [0.5, 0.6) is 0 Å². The van der Waals surface area contributed by atoms with E-state index in [0.717, 1.165) is 16.7 Å². The fourth-order valence-electron chi connectivity index (χ4n) is 3.06. The number of carboxylic acids is 1. The number of amides is 1. The molecule has 0 aliphatic carbocycles. The highest BCUT2D eigenvalue weighted by Gasteiger charge is 2.20. The number of carboxylic acid groups (broad SMARTS) is 1. The number of nitrogens with zero attached hydrogens (tertiary/aromatic N) is 2. The largest absolute Gasteiger partial charge is 0.480 e. The van der Waals surface area contributed by atoms with Crippen molar-refractivity contribution in [2.45, 2.75) is 19.0 Å². The topological polar surface area (TPSA) is 104 Å². The number of imidazole rings is 1. The Hall–Kier alpha value is -3.78. The van der Waals surface area contributed by atoms with Crippen molar-refractivity contribution in [3.8, 4) is 0 Å². The second-order valence-corrected chi connectivity index (χ2v) is 6.91. The van der Waals surface area contributed by atoms with Crippen LogP contribution in [0.15, 0.2) is 67.3 Å². The second kappa shape index (κ2) is 10.3. The zero-order chi connectivity index (χ0) is 22.2. The summed E-state index contributed by atoms with van der Waals surface area (Å²) in [5.74, 6) is -2.09. The summed E-state index contributed by atoms with van der Waals surface area (Å²) in [5.41, 5.74) is 2.71. The first kappa shape index (κ1) is 21.9. The summed E-state index contributed by atoms with van der Waals surface area (Å²) >= 11 is 0. The molecule has 3 aromatic rings. The minimum atomic E-state index is -1.21. The standard InChI is InChI=1S/C23H22FN3O4/c24-20-6-4-17(5-7-20)19(14-27-10-9-25-15-27)13-16-2-1-3-18(12-16)22(29)26-21(8-11-28)23(30)31/h1-7,9-10,12-13,15,21,28H,8,11,14H2,(H,26,29)(H,30,31)/b19-13-/t21-/m0/s1. The first-order chi connectivity index (χ1) is 15.0. The Balaban J connectivity index is 1.89. The van der Waals surface area contributed by atoms with Crippen molar-refractivity contribution < 1.29 is 24.2 Å². The molecule has 0 aliphatic rings. The van der Waals surface area contributed by atoms with Crippen molar-refractivity contribution in [1.82, 2.24) is 14.9 Å². The molecule has 160 valence electrons. The molecule has 0 saturated heterocycles. The van der Waals surface area contributed by atoms with Crippen molar-refractivity contribution in [2.24, 2.45) is 0 Å². The van der Waals surface area contributed by atoms with Crippen LogP contribution < -0.4 is 5.32 Å². The van der Waals surface area contributed by atoms with Crippen LogP contribution in [0, 0.1) is 5.82 Å². The highest BCUT2D eigenvalue weighted by atomic mass is 19.1. The molecule has 7 nitrogen and oxygen atoms in total. The van der Waals surface area contributed by atoms with Crippen LogP contribution in [0.3, 0.4) is 0 Å². The fourth-order valence-corrected chi connectivity index (χ4v) is 3.06. The van der Waals surface area contributed by atoms with E-state index in [-0.39, 0.29) is 18.8 Å². The van der Waals surface area contributed by atoms with Crippen molar-refractivity contribution >= 4 is 23.5 Å². The monoisotopic (exact) mass is 423 g/mol. The molecule has 0 aliphatic heterocycles. The van der Waals surface area contributed by atoms with Gasteiger partial charge in [0, 0.05) is 37.5 Å². The number of allylic oxidation sites excluding steroid dienone is 1. The molecular weight excluding hydrogens is 401 g/mol. The number of nitrogens with one attached hydrogen (secondary N) is 1. The highest BCUT2D eigenvalue weighted by molar-refractivity contribution is 5.97. The average Bonchev–Trinajstić information content (AvgIpc) is 3.27. The first-order valence-electron chi connectivity index (χ1n) is 9.63. The number of aliphatic carboxylic acids is 1. The normalized spacial score (nSPS) is 12.4. The molecule has 0 fully saturated rings. The minimum absolute atomic E-state index is 0.0830. The Bertz CT molecular complexity index is 1060. The minimum Gasteiger partial charge on any atom is -0.480 e. The number of carbonyl (C=O) groups excluding carboxylic acids is 1. The van der Waals surface area contributed by atoms with Gasteiger partial charge in [0.2, 0.25) is 0 Å². The first-order valence-corrected chi connectivity index (χ1v) is 9.63. The van der Waals surface area contributed by atoms with Crippen LogP contribution in [0.2, 0.25) is 0 Å². The molecule has 0 saturated carbocycles. The van der Waals surface area contributed by atoms with Crippen molar-refractivity contribution in [3.63, 3.8) is 0 Å². The Morgan fingerprint density at radius 1 is 1.16 bits per heavy atom. The maximum Gasteiger partial charge on any atom is 0.326 e. The summed E-state index contributed by atoms with van der Waals surface area (Å²) in [4.78, 5) is 27.8. The van der Waals surface area contributed by atoms with E-state index in [1.54, 1.807) is 42.9 Å². The van der Waals surface area contributed by atoms with E-state index < -0.39 is 17.9 Å². The lowest BCUT2D eigenvalue weighted by Crippen LogP contribution is -2.41. The molecule has 1 heterocycles. The molecule has 1 amide bonds. The van der Waals surface area contributed by atoms with Crippen molar-refractivity contribution in [2.75, 3.05) is 6.61 Å². The molecule has 1 aromatic heterocycles. The smallest absolute Gasteiger partial charge is 0.326 e. The molecule has 3 N–H and O–H groups in total. The van der Waals surface area contributed by atoms with E-state index in [4.69, 9.17) is 5.11 Å². The van der Waals surface area contributed by atoms with Gasteiger partial charge in [0.15, 0.2) is 0 Å². The van der Waals surface area contributed by atoms with Crippen LogP contribution in [0.4, 0.5) is 4.39 Å². The third-order valence-electron chi connectivity index (χ3n) is 4.64. The summed E-state index contributed by atoms with van der Waals surface area (Å²) in [6, 6.07) is 11.7. The van der Waals surface area contributed by atoms with Crippen molar-refractivity contribution in [3.05, 3.63) is 89.8 Å². The van der Waals surface area contributed by atoms with Crippen LogP contribution >= 0.6 is 0 Å². The summed E-state index contributed by atoms with van der Waals surface area (Å²) in [7, 11) is 0. The molecular formula is C23H22FN3O4. The lowest BCUT2D eigenvalue weighted by atomic mass is 10.0. The SMILES string of the molecule is O=C(N[C@@H](CCO)C(=O)O)c1cccc(/C=C(/Cn2ccnc2)c2ccc(F)cc2)c1. The van der Waals surface area contributed by atoms with Crippen LogP contribution in [-0.4, -0.2) is 44.3 Å². The van der Waals surface area contributed by atoms with E-state index in [2.05, 4.69) is 10.3 Å². The summed E-state index contributed by atoms with van der Waals surface area (Å²) in [5, 5.41) is 20.6. The van der Waals surface area contributed by atoms with Gasteiger partial charge >= 0.3 is 5.97 Å². The number of hydrogen-bond donors (Lipinski definition) is 3. The van der Waals surface area contributed by atoms with Crippen molar-refractivity contribution in [1.29, 1.82) is 0 Å². The molecule has 31 heavy (non-hydrogen) atoms. The lowest BCUT2D eigenvalue weighted by molar-refractivity contribution is -0.139. The quantitative estimate of drug-likeness (QED) is 0.459. The number of benzene rings is 2. The molecule has 0 unspecified atom stereocenters. The molecule has 0 spiro atoms. The Morgan fingerprint density at radius 3 is 2.58 bits per heavy atom. The number of halogens is 1. The third-order valence-corrected chi connectivity index (χ3v) is 4.64. The number of carbonyl (C=O) groups is 2. The summed E-state index contributed by atoms with van der Waals surface area (Å²) in [6.45, 7) is 0.134. The Morgan fingerprint density at radius 2 is 1.94 bits per heavy atom. The van der Waals surface area contributed by atoms with Gasteiger partial charge in [-0.3, -0.25) is 4.79 Å². The third kappa shape index (κ3) is 6.10. The zero-order valence-corrected chi connectivity index (χ0v) is 16.6. The van der Waals surface area contributed by atoms with E-state index in [0.29, 0.717) is 12.1 Å². The van der Waals surface area contributed by atoms with E-state index in [9.17, 15) is 19.1 Å². The Kier molecular flexibility index (Phi) is 7.29. The molecule has 3 rings (SSSR count). The van der Waals surface area contributed by atoms with Gasteiger partial charge in [-0.1, -0.05) is 24.3 Å². The zero-order valence-electron chi connectivity index (χ0n) is 16.6. The summed E-state index contributed by atoms with van der Waals surface area (Å²) < 4.78 is 15.2. The number of aliphatic hydroxyl groups excluding tert-OH is 1. The van der Waals surface area contributed by atoms with E-state index >= 15 is 0 Å². The highest BCUT2D eigenvalue weighted by Crippen LogP contribution is 2.21. The maximum atomic E-state index is 13.4. The Labute approximate surface area is 178 Å². The predicted octanol–water partition coefficient (Wildman–Crippen LogP) is 2.83. The number of rotatable bonds is 9. The van der Waals surface area contributed by atoms with Crippen LogP contribution in [0.1, 0.15) is 27.9 Å². The van der Waals surface area contributed by atoms with Gasteiger partial charge in [-0.2, -0.15) is 0 Å². The molecule has 0 bridgehead atoms. The van der Waals surface area contributed by atoms with E-state index in [1.165, 1.54) is 12.1 Å². The fraction of sp³-hybridized carbons (Fsp3) is 0.174. The second-order valence-electron chi connectivity index (χ2n) is 6.91. The lowest BCUT2D eigenvalue weighted by Gasteiger charge is -2.14.